The molecule has 3 atom stereocenters. The average molecular weight is 485 g/mol. The molecule has 4 aromatic rings. The van der Waals surface area contributed by atoms with E-state index in [1.165, 1.54) is 16.8 Å². The molecule has 36 heavy (non-hydrogen) atoms. The van der Waals surface area contributed by atoms with Gasteiger partial charge in [0, 0.05) is 29.8 Å². The Labute approximate surface area is 206 Å². The SMILES string of the molecule is O=c1ccn([C@H]2C[C@@H](O)[C@@H](COC3(c4ccccc4)c4ccccc4Oc4ccccc43)O2)c(=O)[nH]1. The highest BCUT2D eigenvalue weighted by Gasteiger charge is 2.46. The van der Waals surface area contributed by atoms with Crippen molar-refractivity contribution in [1.29, 1.82) is 0 Å². The first-order chi connectivity index (χ1) is 17.6. The topological polar surface area (TPSA) is 103 Å². The first kappa shape index (κ1) is 22.5. The Morgan fingerprint density at radius 1 is 0.917 bits per heavy atom. The third-order valence-corrected chi connectivity index (χ3v) is 6.76. The summed E-state index contributed by atoms with van der Waals surface area (Å²) in [5, 5.41) is 10.8. The van der Waals surface area contributed by atoms with Crippen LogP contribution in [0.25, 0.3) is 0 Å². The summed E-state index contributed by atoms with van der Waals surface area (Å²) >= 11 is 0. The number of nitrogens with zero attached hydrogens (tertiary/aromatic N) is 1. The van der Waals surface area contributed by atoms with Crippen molar-refractivity contribution in [3.05, 3.63) is 129 Å². The molecular formula is C28H24N2O6. The fraction of sp³-hybridized carbons (Fsp3) is 0.214. The molecule has 0 radical (unpaired) electrons. The van der Waals surface area contributed by atoms with Crippen LogP contribution in [0.4, 0.5) is 0 Å². The van der Waals surface area contributed by atoms with E-state index in [4.69, 9.17) is 14.2 Å². The maximum Gasteiger partial charge on any atom is 0.330 e. The van der Waals surface area contributed by atoms with Crippen molar-refractivity contribution in [3.8, 4) is 11.5 Å². The minimum atomic E-state index is -1.01. The van der Waals surface area contributed by atoms with Gasteiger partial charge in [0.1, 0.15) is 23.8 Å². The average Bonchev–Trinajstić information content (AvgIpc) is 3.27. The molecule has 1 saturated heterocycles. The molecule has 0 bridgehead atoms. The Kier molecular flexibility index (Phi) is 5.56. The molecule has 0 spiro atoms. The number of fused-ring (bicyclic) bond motifs is 2. The van der Waals surface area contributed by atoms with E-state index >= 15 is 0 Å². The maximum atomic E-state index is 12.3. The Bertz CT molecular complexity index is 1470. The zero-order valence-electron chi connectivity index (χ0n) is 19.2. The summed E-state index contributed by atoms with van der Waals surface area (Å²) in [6.45, 7) is 0.0489. The highest BCUT2D eigenvalue weighted by Crippen LogP contribution is 2.52. The van der Waals surface area contributed by atoms with Crippen LogP contribution < -0.4 is 16.0 Å². The van der Waals surface area contributed by atoms with Gasteiger partial charge in [-0.25, -0.2) is 4.79 Å². The summed E-state index contributed by atoms with van der Waals surface area (Å²) in [6, 6.07) is 26.6. The summed E-state index contributed by atoms with van der Waals surface area (Å²) in [7, 11) is 0. The molecule has 2 N–H and O–H groups in total. The molecule has 2 aliphatic rings. The predicted molar refractivity (Wildman–Crippen MR) is 131 cm³/mol. The van der Waals surface area contributed by atoms with Crippen LogP contribution in [0, 0.1) is 0 Å². The number of aromatic nitrogens is 2. The van der Waals surface area contributed by atoms with Crippen LogP contribution in [0.1, 0.15) is 29.3 Å². The second-order valence-corrected chi connectivity index (χ2v) is 8.90. The fourth-order valence-electron chi connectivity index (χ4n) is 5.08. The maximum absolute atomic E-state index is 12.3. The molecule has 8 nitrogen and oxygen atoms in total. The number of H-pyrrole nitrogens is 1. The zero-order chi connectivity index (χ0) is 24.7. The monoisotopic (exact) mass is 484 g/mol. The van der Waals surface area contributed by atoms with Gasteiger partial charge in [-0.3, -0.25) is 14.3 Å². The van der Waals surface area contributed by atoms with E-state index in [0.29, 0.717) is 11.5 Å². The second kappa shape index (κ2) is 8.91. The molecule has 2 aliphatic heterocycles. The lowest BCUT2D eigenvalue weighted by Gasteiger charge is -2.41. The second-order valence-electron chi connectivity index (χ2n) is 8.90. The van der Waals surface area contributed by atoms with Crippen LogP contribution in [0.5, 0.6) is 11.5 Å². The number of ether oxygens (including phenoxy) is 3. The van der Waals surface area contributed by atoms with Crippen molar-refractivity contribution in [1.82, 2.24) is 9.55 Å². The number of aromatic amines is 1. The molecular weight excluding hydrogens is 460 g/mol. The van der Waals surface area contributed by atoms with E-state index in [1.54, 1.807) is 0 Å². The van der Waals surface area contributed by atoms with Crippen LogP contribution in [-0.4, -0.2) is 33.5 Å². The van der Waals surface area contributed by atoms with Gasteiger partial charge in [0.25, 0.3) is 5.56 Å². The minimum Gasteiger partial charge on any atom is -0.457 e. The first-order valence-electron chi connectivity index (χ1n) is 11.8. The normalized spacial score (nSPS) is 21.9. The largest absolute Gasteiger partial charge is 0.457 e. The smallest absolute Gasteiger partial charge is 0.330 e. The standard InChI is InChI=1S/C28H24N2O6/c31-21-16-26(30-15-14-25(32)29-27(30)33)36-24(21)17-34-28(18-8-2-1-3-9-18)19-10-4-6-12-22(19)35-23-13-7-5-11-20(23)28/h1-15,21,24,26,31H,16-17H2,(H,29,32,33)/t21-,24-,26-/m1/s1. The van der Waals surface area contributed by atoms with Gasteiger partial charge in [0.15, 0.2) is 5.60 Å². The molecule has 0 saturated carbocycles. The van der Waals surface area contributed by atoms with Crippen molar-refractivity contribution in [3.63, 3.8) is 0 Å². The number of aliphatic hydroxyl groups is 1. The molecule has 3 aromatic carbocycles. The van der Waals surface area contributed by atoms with Gasteiger partial charge in [0.2, 0.25) is 0 Å². The zero-order valence-corrected chi connectivity index (χ0v) is 19.2. The van der Waals surface area contributed by atoms with Gasteiger partial charge in [0.05, 0.1) is 12.7 Å². The lowest BCUT2D eigenvalue weighted by Crippen LogP contribution is -2.39. The summed E-state index contributed by atoms with van der Waals surface area (Å²) in [4.78, 5) is 25.9. The fourth-order valence-corrected chi connectivity index (χ4v) is 5.08. The third-order valence-electron chi connectivity index (χ3n) is 6.76. The van der Waals surface area contributed by atoms with Gasteiger partial charge < -0.3 is 19.3 Å². The van der Waals surface area contributed by atoms with Gasteiger partial charge in [-0.15, -0.1) is 0 Å². The number of hydrogen-bond acceptors (Lipinski definition) is 6. The third kappa shape index (κ3) is 3.67. The number of benzene rings is 3. The molecule has 0 amide bonds. The summed E-state index contributed by atoms with van der Waals surface area (Å²) < 4.78 is 20.3. The van der Waals surface area contributed by atoms with Crippen LogP contribution in [0.2, 0.25) is 0 Å². The quantitative estimate of drug-likeness (QED) is 0.451. The minimum absolute atomic E-state index is 0.0489. The molecule has 182 valence electrons. The van der Waals surface area contributed by atoms with E-state index in [0.717, 1.165) is 16.7 Å². The number of nitrogens with one attached hydrogen (secondary N) is 1. The number of para-hydroxylation sites is 2. The van der Waals surface area contributed by atoms with E-state index in [9.17, 15) is 14.7 Å². The molecule has 6 rings (SSSR count). The van der Waals surface area contributed by atoms with Crippen LogP contribution in [-0.2, 0) is 15.1 Å². The highest BCUT2D eigenvalue weighted by molar-refractivity contribution is 5.61. The van der Waals surface area contributed by atoms with Gasteiger partial charge in [-0.1, -0.05) is 66.7 Å². The Morgan fingerprint density at radius 2 is 1.56 bits per heavy atom. The first-order valence-corrected chi connectivity index (χ1v) is 11.8. The van der Waals surface area contributed by atoms with Crippen LogP contribution >= 0.6 is 0 Å². The molecule has 1 fully saturated rings. The lowest BCUT2D eigenvalue weighted by atomic mass is 9.77. The summed E-state index contributed by atoms with van der Waals surface area (Å²) in [5.41, 5.74) is 0.509. The summed E-state index contributed by atoms with van der Waals surface area (Å²) in [5.74, 6) is 1.37. The van der Waals surface area contributed by atoms with Crippen molar-refractivity contribution in [2.24, 2.45) is 0 Å². The number of hydrogen-bond donors (Lipinski definition) is 2. The van der Waals surface area contributed by atoms with Crippen molar-refractivity contribution in [2.75, 3.05) is 6.61 Å². The van der Waals surface area contributed by atoms with E-state index in [1.807, 2.05) is 78.9 Å². The van der Waals surface area contributed by atoms with Crippen molar-refractivity contribution < 1.29 is 19.3 Å². The predicted octanol–water partition coefficient (Wildman–Crippen LogP) is 3.30. The molecule has 0 aliphatic carbocycles. The van der Waals surface area contributed by atoms with E-state index in [2.05, 4.69) is 4.98 Å². The summed E-state index contributed by atoms with van der Waals surface area (Å²) in [6.07, 6.45) is -0.726. The molecule has 1 aromatic heterocycles. The lowest BCUT2D eigenvalue weighted by molar-refractivity contribution is -0.0961. The number of aliphatic hydroxyl groups excluding tert-OH is 1. The van der Waals surface area contributed by atoms with Gasteiger partial charge in [-0.2, -0.15) is 0 Å². The van der Waals surface area contributed by atoms with Gasteiger partial charge >= 0.3 is 5.69 Å². The molecule has 0 unspecified atom stereocenters. The van der Waals surface area contributed by atoms with Crippen LogP contribution in [0.15, 0.2) is 101 Å². The Morgan fingerprint density at radius 3 is 2.22 bits per heavy atom. The van der Waals surface area contributed by atoms with E-state index in [-0.39, 0.29) is 13.0 Å². The Hall–Kier alpha value is -3.98. The number of rotatable bonds is 5. The van der Waals surface area contributed by atoms with E-state index < -0.39 is 35.3 Å². The molecule has 8 heteroatoms. The highest BCUT2D eigenvalue weighted by atomic mass is 16.6. The molecule has 3 heterocycles. The Balaban J connectivity index is 1.39. The van der Waals surface area contributed by atoms with Crippen molar-refractivity contribution >= 4 is 0 Å². The van der Waals surface area contributed by atoms with Crippen LogP contribution in [0.3, 0.4) is 0 Å². The van der Waals surface area contributed by atoms with Crippen molar-refractivity contribution in [2.45, 2.75) is 30.5 Å². The van der Waals surface area contributed by atoms with Gasteiger partial charge in [-0.05, 0) is 17.7 Å².